The highest BCUT2D eigenvalue weighted by atomic mass is 79.9. The van der Waals surface area contributed by atoms with Crippen molar-refractivity contribution in [2.75, 3.05) is 6.54 Å². The third kappa shape index (κ3) is 2.32. The average molecular weight is 323 g/mol. The third-order valence-electron chi connectivity index (χ3n) is 4.27. The molecule has 2 aromatic rings. The van der Waals surface area contributed by atoms with Gasteiger partial charge in [0.2, 0.25) is 5.89 Å². The number of oxazole rings is 1. The van der Waals surface area contributed by atoms with Gasteiger partial charge < -0.3 is 10.2 Å². The maximum Gasteiger partial charge on any atom is 0.203 e. The minimum atomic E-state index is -0.0606. The smallest absolute Gasteiger partial charge is 0.203 e. The fourth-order valence-electron chi connectivity index (χ4n) is 3.05. The molecule has 2 N–H and O–H groups in total. The SMILES string of the molecule is NCC1(c2nc3cccc(Br)c3o2)CCCCCC1. The van der Waals surface area contributed by atoms with Gasteiger partial charge in [0.25, 0.3) is 0 Å². The molecule has 3 nitrogen and oxygen atoms in total. The van der Waals surface area contributed by atoms with Crippen molar-refractivity contribution in [3.63, 3.8) is 0 Å². The number of para-hydroxylation sites is 1. The Morgan fingerprint density at radius 3 is 2.58 bits per heavy atom. The molecule has 0 radical (unpaired) electrons. The van der Waals surface area contributed by atoms with Crippen LogP contribution in [0.5, 0.6) is 0 Å². The second-order valence-corrected chi connectivity index (χ2v) is 6.36. The minimum absolute atomic E-state index is 0.0606. The zero-order valence-corrected chi connectivity index (χ0v) is 12.6. The monoisotopic (exact) mass is 322 g/mol. The molecule has 0 amide bonds. The van der Waals surface area contributed by atoms with Crippen LogP contribution in [0.1, 0.15) is 44.4 Å². The highest BCUT2D eigenvalue weighted by Crippen LogP contribution is 2.39. The summed E-state index contributed by atoms with van der Waals surface area (Å²) < 4.78 is 7.01. The van der Waals surface area contributed by atoms with Crippen LogP contribution >= 0.6 is 15.9 Å². The predicted octanol–water partition coefficient (Wildman–Crippen LogP) is 4.14. The Hall–Kier alpha value is -0.870. The number of nitrogens with two attached hydrogens (primary N) is 1. The van der Waals surface area contributed by atoms with Crippen molar-refractivity contribution in [3.05, 3.63) is 28.6 Å². The number of halogens is 1. The van der Waals surface area contributed by atoms with E-state index in [0.717, 1.165) is 34.3 Å². The Labute approximate surface area is 121 Å². The van der Waals surface area contributed by atoms with Gasteiger partial charge in [-0.1, -0.05) is 31.7 Å². The first-order chi connectivity index (χ1) is 9.25. The van der Waals surface area contributed by atoms with Crippen molar-refractivity contribution in [2.24, 2.45) is 5.73 Å². The van der Waals surface area contributed by atoms with E-state index in [2.05, 4.69) is 15.9 Å². The predicted molar refractivity (Wildman–Crippen MR) is 80.1 cm³/mol. The van der Waals surface area contributed by atoms with E-state index < -0.39 is 0 Å². The number of fused-ring (bicyclic) bond motifs is 1. The van der Waals surface area contributed by atoms with Crippen LogP contribution in [0, 0.1) is 0 Å². The number of hydrogen-bond acceptors (Lipinski definition) is 3. The van der Waals surface area contributed by atoms with Crippen LogP contribution in [-0.2, 0) is 5.41 Å². The van der Waals surface area contributed by atoms with Gasteiger partial charge in [0.1, 0.15) is 5.52 Å². The summed E-state index contributed by atoms with van der Waals surface area (Å²) in [5, 5.41) is 0. The van der Waals surface area contributed by atoms with Crippen LogP contribution in [-0.4, -0.2) is 11.5 Å². The second-order valence-electron chi connectivity index (χ2n) is 5.51. The van der Waals surface area contributed by atoms with Crippen molar-refractivity contribution >= 4 is 27.0 Å². The van der Waals surface area contributed by atoms with Gasteiger partial charge in [-0.25, -0.2) is 4.98 Å². The molecular formula is C15H19BrN2O. The van der Waals surface area contributed by atoms with E-state index in [9.17, 15) is 0 Å². The van der Waals surface area contributed by atoms with Gasteiger partial charge in [0.05, 0.1) is 9.89 Å². The van der Waals surface area contributed by atoms with Crippen LogP contribution in [0.15, 0.2) is 27.1 Å². The normalized spacial score (nSPS) is 19.5. The fourth-order valence-corrected chi connectivity index (χ4v) is 3.49. The Balaban J connectivity index is 2.07. The average Bonchev–Trinajstić information content (AvgIpc) is 2.72. The first kappa shape index (κ1) is 13.1. The third-order valence-corrected chi connectivity index (χ3v) is 4.90. The van der Waals surface area contributed by atoms with E-state index >= 15 is 0 Å². The summed E-state index contributed by atoms with van der Waals surface area (Å²) in [5.74, 6) is 0.832. The number of aromatic nitrogens is 1. The molecule has 0 bridgehead atoms. The summed E-state index contributed by atoms with van der Waals surface area (Å²) in [7, 11) is 0. The lowest BCUT2D eigenvalue weighted by Gasteiger charge is -2.27. The molecule has 1 heterocycles. The van der Waals surface area contributed by atoms with E-state index in [0.29, 0.717) is 6.54 Å². The summed E-state index contributed by atoms with van der Waals surface area (Å²) in [5.41, 5.74) is 7.79. The highest BCUT2D eigenvalue weighted by Gasteiger charge is 2.36. The lowest BCUT2D eigenvalue weighted by molar-refractivity contribution is 0.300. The quantitative estimate of drug-likeness (QED) is 0.845. The van der Waals surface area contributed by atoms with Gasteiger partial charge in [0, 0.05) is 6.54 Å². The zero-order valence-electron chi connectivity index (χ0n) is 11.0. The molecule has 0 atom stereocenters. The van der Waals surface area contributed by atoms with Crippen molar-refractivity contribution in [3.8, 4) is 0 Å². The van der Waals surface area contributed by atoms with E-state index in [1.807, 2.05) is 18.2 Å². The van der Waals surface area contributed by atoms with Crippen LogP contribution < -0.4 is 5.73 Å². The molecular weight excluding hydrogens is 304 g/mol. The van der Waals surface area contributed by atoms with E-state index in [4.69, 9.17) is 15.1 Å². The van der Waals surface area contributed by atoms with Gasteiger partial charge in [-0.3, -0.25) is 0 Å². The molecule has 0 spiro atoms. The van der Waals surface area contributed by atoms with E-state index in [-0.39, 0.29) is 5.41 Å². The minimum Gasteiger partial charge on any atom is -0.439 e. The van der Waals surface area contributed by atoms with Gasteiger partial charge in [-0.05, 0) is 40.9 Å². The number of rotatable bonds is 2. The zero-order chi connectivity index (χ0) is 13.3. The number of hydrogen-bond donors (Lipinski definition) is 1. The van der Waals surface area contributed by atoms with Crippen LogP contribution in [0.25, 0.3) is 11.1 Å². The molecule has 102 valence electrons. The summed E-state index contributed by atoms with van der Waals surface area (Å²) in [6.07, 6.45) is 7.22. The highest BCUT2D eigenvalue weighted by molar-refractivity contribution is 9.10. The van der Waals surface area contributed by atoms with Gasteiger partial charge in [-0.2, -0.15) is 0 Å². The molecule has 1 aliphatic carbocycles. The Kier molecular flexibility index (Phi) is 3.63. The van der Waals surface area contributed by atoms with E-state index in [1.54, 1.807) is 0 Å². The van der Waals surface area contributed by atoms with Crippen molar-refractivity contribution < 1.29 is 4.42 Å². The molecule has 0 saturated heterocycles. The lowest BCUT2D eigenvalue weighted by atomic mass is 9.80. The molecule has 1 fully saturated rings. The van der Waals surface area contributed by atoms with Crippen LogP contribution in [0.3, 0.4) is 0 Å². The maximum atomic E-state index is 6.09. The molecule has 1 aliphatic rings. The number of benzene rings is 1. The van der Waals surface area contributed by atoms with Gasteiger partial charge in [-0.15, -0.1) is 0 Å². The lowest BCUT2D eigenvalue weighted by Crippen LogP contribution is -2.35. The summed E-state index contributed by atoms with van der Waals surface area (Å²) in [6.45, 7) is 0.622. The van der Waals surface area contributed by atoms with Crippen molar-refractivity contribution in [2.45, 2.75) is 43.9 Å². The summed E-state index contributed by atoms with van der Waals surface area (Å²) in [4.78, 5) is 4.71. The van der Waals surface area contributed by atoms with Gasteiger partial charge in [0.15, 0.2) is 5.58 Å². The first-order valence-electron chi connectivity index (χ1n) is 7.01. The summed E-state index contributed by atoms with van der Waals surface area (Å²) in [6, 6.07) is 5.97. The largest absolute Gasteiger partial charge is 0.439 e. The topological polar surface area (TPSA) is 52.0 Å². The molecule has 0 unspecified atom stereocenters. The molecule has 1 aromatic carbocycles. The Morgan fingerprint density at radius 2 is 1.95 bits per heavy atom. The standard InChI is InChI=1S/C15H19BrN2O/c16-11-6-5-7-12-13(11)19-14(18-12)15(10-17)8-3-1-2-4-9-15/h5-7H,1-4,8-10,17H2. The van der Waals surface area contributed by atoms with Gasteiger partial charge >= 0.3 is 0 Å². The first-order valence-corrected chi connectivity index (χ1v) is 7.80. The maximum absolute atomic E-state index is 6.09. The second kappa shape index (κ2) is 5.25. The molecule has 19 heavy (non-hydrogen) atoms. The molecule has 4 heteroatoms. The van der Waals surface area contributed by atoms with Crippen LogP contribution in [0.4, 0.5) is 0 Å². The Bertz CT molecular complexity index is 571. The van der Waals surface area contributed by atoms with Crippen molar-refractivity contribution in [1.82, 2.24) is 4.98 Å². The molecule has 3 rings (SSSR count). The number of nitrogens with zero attached hydrogens (tertiary/aromatic N) is 1. The summed E-state index contributed by atoms with van der Waals surface area (Å²) >= 11 is 3.52. The Morgan fingerprint density at radius 1 is 1.21 bits per heavy atom. The van der Waals surface area contributed by atoms with Crippen LogP contribution in [0.2, 0.25) is 0 Å². The molecule has 0 aliphatic heterocycles. The van der Waals surface area contributed by atoms with Crippen molar-refractivity contribution in [1.29, 1.82) is 0 Å². The molecule has 1 aromatic heterocycles. The van der Waals surface area contributed by atoms with E-state index in [1.165, 1.54) is 25.7 Å². The fraction of sp³-hybridized carbons (Fsp3) is 0.533. The molecule has 1 saturated carbocycles.